The summed E-state index contributed by atoms with van der Waals surface area (Å²) >= 11 is 11.2. The Morgan fingerprint density at radius 2 is 1.79 bits per heavy atom. The van der Waals surface area contributed by atoms with Gasteiger partial charge in [0.05, 0.1) is 0 Å². The van der Waals surface area contributed by atoms with E-state index in [1.165, 1.54) is 13.8 Å². The van der Waals surface area contributed by atoms with Crippen LogP contribution in [0.5, 0.6) is 5.75 Å². The fourth-order valence-corrected chi connectivity index (χ4v) is 3.18. The van der Waals surface area contributed by atoms with Crippen molar-refractivity contribution >= 4 is 34.9 Å². The van der Waals surface area contributed by atoms with E-state index in [0.29, 0.717) is 0 Å². The number of benzene rings is 1. The van der Waals surface area contributed by atoms with Crippen LogP contribution in [0.3, 0.4) is 0 Å². The molecular formula is C17H15Cl2F4N3O3. The number of phenolic OH excluding ortho intramolecular Hbond substituents is 1. The van der Waals surface area contributed by atoms with Crippen molar-refractivity contribution in [3.05, 3.63) is 46.1 Å². The number of phenols is 1. The highest BCUT2D eigenvalue weighted by molar-refractivity contribution is 6.32. The summed E-state index contributed by atoms with van der Waals surface area (Å²) in [6.45, 7) is 2.42. The highest BCUT2D eigenvalue weighted by atomic mass is 35.5. The van der Waals surface area contributed by atoms with E-state index in [2.05, 4.69) is 9.97 Å². The summed E-state index contributed by atoms with van der Waals surface area (Å²) in [7, 11) is 0. The zero-order valence-corrected chi connectivity index (χ0v) is 16.5. The second kappa shape index (κ2) is 7.92. The largest absolute Gasteiger partial charge is 0.508 e. The number of nitrogens with zero attached hydrogens (tertiary/aromatic N) is 2. The normalized spacial score (nSPS) is 14.4. The number of nitrogens with one attached hydrogen (secondary N) is 1. The van der Waals surface area contributed by atoms with Crippen molar-refractivity contribution in [3.8, 4) is 5.75 Å². The minimum absolute atomic E-state index is 0.221. The predicted octanol–water partition coefficient (Wildman–Crippen LogP) is 4.23. The van der Waals surface area contributed by atoms with Crippen LogP contribution in [0, 0.1) is 5.82 Å². The molecule has 0 saturated carbocycles. The quantitative estimate of drug-likeness (QED) is 0.356. The molecule has 0 aliphatic rings. The van der Waals surface area contributed by atoms with E-state index in [-0.39, 0.29) is 10.7 Å². The van der Waals surface area contributed by atoms with Gasteiger partial charge in [0.2, 0.25) is 10.9 Å². The van der Waals surface area contributed by atoms with Crippen molar-refractivity contribution in [3.63, 3.8) is 0 Å². The molecule has 1 aromatic carbocycles. The van der Waals surface area contributed by atoms with Crippen LogP contribution < -0.4 is 5.32 Å². The monoisotopic (exact) mass is 455 g/mol. The Kier molecular flexibility index (Phi) is 6.32. The first-order chi connectivity index (χ1) is 13.2. The lowest BCUT2D eigenvalue weighted by atomic mass is 9.74. The van der Waals surface area contributed by atoms with Gasteiger partial charge >= 0.3 is 6.18 Å². The second-order valence-corrected chi connectivity index (χ2v) is 7.60. The zero-order valence-electron chi connectivity index (χ0n) is 15.0. The number of rotatable bonds is 5. The van der Waals surface area contributed by atoms with Crippen molar-refractivity contribution in [2.75, 3.05) is 5.32 Å². The van der Waals surface area contributed by atoms with E-state index in [1.807, 2.05) is 0 Å². The first-order valence-electron chi connectivity index (χ1n) is 7.95. The topological polar surface area (TPSA) is 95.3 Å². The molecule has 0 aliphatic heterocycles. The summed E-state index contributed by atoms with van der Waals surface area (Å²) in [5.74, 6) is -3.62. The van der Waals surface area contributed by atoms with Crippen LogP contribution in [-0.2, 0) is 10.2 Å². The van der Waals surface area contributed by atoms with E-state index in [9.17, 15) is 32.6 Å². The summed E-state index contributed by atoms with van der Waals surface area (Å²) in [4.78, 5) is 19.4. The molecule has 1 heterocycles. The Morgan fingerprint density at radius 3 is 2.34 bits per heavy atom. The lowest BCUT2D eigenvalue weighted by Gasteiger charge is -2.36. The number of carbonyl (C=O) groups excluding carboxylic acids is 1. The van der Waals surface area contributed by atoms with Gasteiger partial charge in [0.25, 0.3) is 5.91 Å². The Bertz CT molecular complexity index is 920. The molecule has 1 atom stereocenters. The van der Waals surface area contributed by atoms with Gasteiger partial charge in [-0.3, -0.25) is 4.79 Å². The zero-order chi connectivity index (χ0) is 22.2. The van der Waals surface area contributed by atoms with Gasteiger partial charge in [0, 0.05) is 18.1 Å². The third-order valence-corrected chi connectivity index (χ3v) is 4.50. The fourth-order valence-electron chi connectivity index (χ4n) is 2.77. The van der Waals surface area contributed by atoms with Crippen molar-refractivity contribution in [1.82, 2.24) is 9.97 Å². The third kappa shape index (κ3) is 5.06. The fraction of sp³-hybridized carbons (Fsp3) is 0.353. The van der Waals surface area contributed by atoms with Gasteiger partial charge in [-0.15, -0.1) is 0 Å². The number of aromatic hydroxyl groups is 1. The molecule has 2 aromatic rings. The number of carbonyl (C=O) groups is 1. The molecule has 2 rings (SSSR count). The number of alkyl halides is 3. The summed E-state index contributed by atoms with van der Waals surface area (Å²) in [6.07, 6.45) is -6.66. The standard InChI is InChI=1S/C17H15Cl2F4N3O3/c1-15(2,9-5-8(20)3-4-10(9)27)7-16(29,17(21,22)23)13(28)25-12-6-11(18)24-14(19)26-12/h3-6,27,29H,7H2,1-2H3,(H,24,25,26,28). The Labute approximate surface area is 172 Å². The smallest absolute Gasteiger partial charge is 0.426 e. The third-order valence-electron chi connectivity index (χ3n) is 4.14. The molecule has 0 bridgehead atoms. The van der Waals surface area contributed by atoms with E-state index >= 15 is 0 Å². The first kappa shape index (κ1) is 23.1. The molecule has 3 N–H and O–H groups in total. The summed E-state index contributed by atoms with van der Waals surface area (Å²) in [6, 6.07) is 3.64. The molecule has 1 aromatic heterocycles. The molecule has 0 spiro atoms. The summed E-state index contributed by atoms with van der Waals surface area (Å²) < 4.78 is 54.7. The van der Waals surface area contributed by atoms with Crippen LogP contribution in [0.2, 0.25) is 10.4 Å². The molecule has 158 valence electrons. The highest BCUT2D eigenvalue weighted by Gasteiger charge is 2.61. The van der Waals surface area contributed by atoms with Gasteiger partial charge in [0.1, 0.15) is 22.5 Å². The minimum Gasteiger partial charge on any atom is -0.508 e. The maximum Gasteiger partial charge on any atom is 0.426 e. The first-order valence-corrected chi connectivity index (χ1v) is 8.71. The van der Waals surface area contributed by atoms with E-state index in [4.69, 9.17) is 23.2 Å². The van der Waals surface area contributed by atoms with Crippen LogP contribution >= 0.6 is 23.2 Å². The van der Waals surface area contributed by atoms with E-state index < -0.39 is 52.2 Å². The van der Waals surface area contributed by atoms with Gasteiger partial charge in [-0.25, -0.2) is 14.4 Å². The van der Waals surface area contributed by atoms with Crippen molar-refractivity contribution in [1.29, 1.82) is 0 Å². The van der Waals surface area contributed by atoms with E-state index in [0.717, 1.165) is 24.3 Å². The predicted molar refractivity (Wildman–Crippen MR) is 97.4 cm³/mol. The molecular weight excluding hydrogens is 441 g/mol. The molecule has 0 radical (unpaired) electrons. The average Bonchev–Trinajstić information content (AvgIpc) is 2.54. The number of aromatic nitrogens is 2. The molecule has 0 aliphatic carbocycles. The molecule has 0 saturated heterocycles. The Hall–Kier alpha value is -2.17. The summed E-state index contributed by atoms with van der Waals surface area (Å²) in [5, 5.41) is 21.4. The van der Waals surface area contributed by atoms with Crippen LogP contribution in [0.15, 0.2) is 24.3 Å². The minimum atomic E-state index is -5.42. The van der Waals surface area contributed by atoms with Crippen LogP contribution in [0.1, 0.15) is 25.8 Å². The van der Waals surface area contributed by atoms with Crippen LogP contribution in [0.4, 0.5) is 23.4 Å². The number of aliphatic hydroxyl groups is 1. The maximum atomic E-state index is 13.7. The Morgan fingerprint density at radius 1 is 1.17 bits per heavy atom. The molecule has 12 heteroatoms. The molecule has 29 heavy (non-hydrogen) atoms. The average molecular weight is 456 g/mol. The number of halogens is 6. The van der Waals surface area contributed by atoms with Crippen molar-refractivity contribution in [2.24, 2.45) is 0 Å². The van der Waals surface area contributed by atoms with Crippen LogP contribution in [-0.4, -0.2) is 37.9 Å². The molecule has 1 unspecified atom stereocenters. The summed E-state index contributed by atoms with van der Waals surface area (Å²) in [5.41, 5.74) is -5.81. The highest BCUT2D eigenvalue weighted by Crippen LogP contribution is 2.44. The van der Waals surface area contributed by atoms with Crippen LogP contribution in [0.25, 0.3) is 0 Å². The van der Waals surface area contributed by atoms with Gasteiger partial charge in [-0.05, 0) is 35.2 Å². The maximum absolute atomic E-state index is 13.7. The van der Waals surface area contributed by atoms with E-state index in [1.54, 1.807) is 5.32 Å². The van der Waals surface area contributed by atoms with Gasteiger partial charge in [-0.1, -0.05) is 25.4 Å². The van der Waals surface area contributed by atoms with Gasteiger partial charge in [-0.2, -0.15) is 13.2 Å². The molecule has 6 nitrogen and oxygen atoms in total. The SMILES string of the molecule is CC(C)(CC(O)(C(=O)Nc1cc(Cl)nc(Cl)n1)C(F)(F)F)c1cc(F)ccc1O. The van der Waals surface area contributed by atoms with Gasteiger partial charge < -0.3 is 15.5 Å². The lowest BCUT2D eigenvalue weighted by Crippen LogP contribution is -2.57. The van der Waals surface area contributed by atoms with Crippen molar-refractivity contribution < 1.29 is 32.6 Å². The van der Waals surface area contributed by atoms with Gasteiger partial charge in [0.15, 0.2) is 0 Å². The van der Waals surface area contributed by atoms with Crippen molar-refractivity contribution in [2.45, 2.75) is 37.5 Å². The molecule has 0 fully saturated rings. The second-order valence-electron chi connectivity index (χ2n) is 6.88. The number of hydrogen-bond donors (Lipinski definition) is 3. The Balaban J connectivity index is 2.43. The number of hydrogen-bond acceptors (Lipinski definition) is 5. The number of anilines is 1. The molecule has 1 amide bonds. The lowest BCUT2D eigenvalue weighted by molar-refractivity contribution is -0.254. The number of amides is 1.